The largest absolute Gasteiger partial charge is 0.387 e. The first-order valence-electron chi connectivity index (χ1n) is 7.28. The second-order valence-electron chi connectivity index (χ2n) is 5.21. The lowest BCUT2D eigenvalue weighted by molar-refractivity contribution is -0.0939. The molecular formula is C13H19N7O4. The number of aromatic nitrogens is 4. The summed E-state index contributed by atoms with van der Waals surface area (Å²) in [6.07, 6.45) is 0.469. The molecule has 4 atom stereocenters. The van der Waals surface area contributed by atoms with Crippen LogP contribution in [0.15, 0.2) is 25.3 Å². The fraction of sp³-hybridized carbons (Fsp3) is 0.462. The fourth-order valence-corrected chi connectivity index (χ4v) is 2.44. The van der Waals surface area contributed by atoms with Crippen molar-refractivity contribution in [2.24, 2.45) is 0 Å². The van der Waals surface area contributed by atoms with Crippen molar-refractivity contribution >= 4 is 17.0 Å². The Balaban J connectivity index is 1.70. The summed E-state index contributed by atoms with van der Waals surface area (Å²) >= 11 is 0. The molecule has 3 heterocycles. The standard InChI is InChI=1S/C13H19N7O4/c1-2-3-18-19-23-4-7-9(21)10(22)13(24-7)20-6-17-8-11(14)15-5-16-12(8)20/h2,5-7,9-10,13,18-19,21-22H,1,3-4H2,(H2,14,15,16)/t7-,9-,10-,13-/m1/s1. The van der Waals surface area contributed by atoms with Crippen molar-refractivity contribution in [3.63, 3.8) is 0 Å². The minimum absolute atomic E-state index is 0.0165. The zero-order valence-corrected chi connectivity index (χ0v) is 12.7. The molecule has 3 rings (SSSR count). The summed E-state index contributed by atoms with van der Waals surface area (Å²) in [6.45, 7) is 4.06. The summed E-state index contributed by atoms with van der Waals surface area (Å²) in [6, 6.07) is 0. The van der Waals surface area contributed by atoms with E-state index in [0.717, 1.165) is 0 Å². The van der Waals surface area contributed by atoms with Gasteiger partial charge in [-0.3, -0.25) is 9.40 Å². The summed E-state index contributed by atoms with van der Waals surface area (Å²) < 4.78 is 7.20. The second kappa shape index (κ2) is 7.17. The van der Waals surface area contributed by atoms with E-state index in [4.69, 9.17) is 15.3 Å². The topological polar surface area (TPSA) is 153 Å². The number of anilines is 1. The smallest absolute Gasteiger partial charge is 0.167 e. The second-order valence-corrected chi connectivity index (χ2v) is 5.21. The molecule has 1 aliphatic heterocycles. The van der Waals surface area contributed by atoms with E-state index in [9.17, 15) is 10.2 Å². The molecule has 24 heavy (non-hydrogen) atoms. The number of hydrogen-bond donors (Lipinski definition) is 5. The van der Waals surface area contributed by atoms with Gasteiger partial charge in [-0.1, -0.05) is 6.08 Å². The maximum atomic E-state index is 10.3. The van der Waals surface area contributed by atoms with Crippen LogP contribution in [0.1, 0.15) is 6.23 Å². The predicted octanol–water partition coefficient (Wildman–Crippen LogP) is -1.76. The SMILES string of the molecule is C=CCNNOC[C@H]1O[C@@H](n2cnc3c(N)ncnc32)[C@H](O)[C@@H]1O. The normalized spacial score (nSPS) is 26.9. The van der Waals surface area contributed by atoms with Gasteiger partial charge in [-0.2, -0.15) is 0 Å². The van der Waals surface area contributed by atoms with Crippen LogP contribution >= 0.6 is 0 Å². The fourth-order valence-electron chi connectivity index (χ4n) is 2.44. The lowest BCUT2D eigenvalue weighted by atomic mass is 10.1. The highest BCUT2D eigenvalue weighted by Crippen LogP contribution is 2.31. The highest BCUT2D eigenvalue weighted by Gasteiger charge is 2.44. The van der Waals surface area contributed by atoms with Crippen LogP contribution in [0.4, 0.5) is 5.82 Å². The molecule has 0 unspecified atom stereocenters. The Bertz CT molecular complexity index is 709. The number of fused-ring (bicyclic) bond motifs is 1. The molecule has 0 amide bonds. The van der Waals surface area contributed by atoms with Gasteiger partial charge in [-0.15, -0.1) is 12.2 Å². The molecule has 2 aromatic rings. The quantitative estimate of drug-likeness (QED) is 0.223. The molecule has 6 N–H and O–H groups in total. The van der Waals surface area contributed by atoms with E-state index in [1.807, 2.05) is 0 Å². The summed E-state index contributed by atoms with van der Waals surface area (Å²) in [7, 11) is 0. The lowest BCUT2D eigenvalue weighted by Gasteiger charge is -2.16. The Morgan fingerprint density at radius 2 is 2.21 bits per heavy atom. The van der Waals surface area contributed by atoms with Gasteiger partial charge < -0.3 is 20.7 Å². The molecule has 0 bridgehead atoms. The van der Waals surface area contributed by atoms with Crippen molar-refractivity contribution in [1.82, 2.24) is 30.5 Å². The third-order valence-corrected chi connectivity index (χ3v) is 3.64. The molecule has 1 saturated heterocycles. The van der Waals surface area contributed by atoms with Gasteiger partial charge in [0.15, 0.2) is 17.7 Å². The van der Waals surface area contributed by atoms with Crippen LogP contribution in [-0.4, -0.2) is 61.2 Å². The number of aliphatic hydroxyl groups is 2. The highest BCUT2D eigenvalue weighted by molar-refractivity contribution is 5.81. The molecule has 1 fully saturated rings. The number of hydrogen-bond acceptors (Lipinski definition) is 10. The van der Waals surface area contributed by atoms with Gasteiger partial charge in [0.05, 0.1) is 12.9 Å². The van der Waals surface area contributed by atoms with E-state index in [0.29, 0.717) is 17.7 Å². The Hall–Kier alpha value is -2.15. The van der Waals surface area contributed by atoms with E-state index >= 15 is 0 Å². The average molecular weight is 337 g/mol. The number of nitrogen functional groups attached to an aromatic ring is 1. The Morgan fingerprint density at radius 3 is 3.00 bits per heavy atom. The van der Waals surface area contributed by atoms with Crippen molar-refractivity contribution in [3.8, 4) is 0 Å². The van der Waals surface area contributed by atoms with Crippen LogP contribution in [0, 0.1) is 0 Å². The summed E-state index contributed by atoms with van der Waals surface area (Å²) in [5.41, 5.74) is 11.8. The van der Waals surface area contributed by atoms with Crippen molar-refractivity contribution in [3.05, 3.63) is 25.3 Å². The zero-order valence-electron chi connectivity index (χ0n) is 12.7. The molecular weight excluding hydrogens is 318 g/mol. The predicted molar refractivity (Wildman–Crippen MR) is 82.9 cm³/mol. The molecule has 11 nitrogen and oxygen atoms in total. The summed E-state index contributed by atoms with van der Waals surface area (Å²) in [4.78, 5) is 17.2. The molecule has 1 aliphatic rings. The van der Waals surface area contributed by atoms with Crippen LogP contribution in [-0.2, 0) is 9.57 Å². The maximum Gasteiger partial charge on any atom is 0.167 e. The van der Waals surface area contributed by atoms with Crippen molar-refractivity contribution in [1.29, 1.82) is 0 Å². The van der Waals surface area contributed by atoms with Crippen molar-refractivity contribution in [2.75, 3.05) is 18.9 Å². The first kappa shape index (κ1) is 16.7. The van der Waals surface area contributed by atoms with Gasteiger partial charge in [0.1, 0.15) is 30.2 Å². The number of nitrogens with zero attached hydrogens (tertiary/aromatic N) is 4. The first-order valence-corrected chi connectivity index (χ1v) is 7.28. The first-order chi connectivity index (χ1) is 11.6. The average Bonchev–Trinajstić information content (AvgIpc) is 3.12. The van der Waals surface area contributed by atoms with E-state index in [-0.39, 0.29) is 12.4 Å². The number of imidazole rings is 1. The zero-order chi connectivity index (χ0) is 17.1. The van der Waals surface area contributed by atoms with Gasteiger partial charge in [-0.25, -0.2) is 20.4 Å². The maximum absolute atomic E-state index is 10.3. The van der Waals surface area contributed by atoms with Gasteiger partial charge >= 0.3 is 0 Å². The van der Waals surface area contributed by atoms with Crippen LogP contribution in [0.25, 0.3) is 11.2 Å². The minimum Gasteiger partial charge on any atom is -0.387 e. The Labute approximate surface area is 137 Å². The van der Waals surface area contributed by atoms with Gasteiger partial charge in [0, 0.05) is 6.54 Å². The van der Waals surface area contributed by atoms with Crippen LogP contribution in [0.3, 0.4) is 0 Å². The molecule has 2 aromatic heterocycles. The van der Waals surface area contributed by atoms with Gasteiger partial charge in [0.2, 0.25) is 0 Å². The Kier molecular flexibility index (Phi) is 4.99. The summed E-state index contributed by atoms with van der Waals surface area (Å²) in [5, 5.41) is 20.4. The molecule has 0 saturated carbocycles. The number of hydrazine groups is 1. The van der Waals surface area contributed by atoms with Crippen LogP contribution < -0.4 is 16.7 Å². The molecule has 11 heteroatoms. The molecule has 0 aromatic carbocycles. The number of rotatable bonds is 7. The van der Waals surface area contributed by atoms with Crippen molar-refractivity contribution < 1.29 is 19.8 Å². The number of nitrogens with one attached hydrogen (secondary N) is 2. The third-order valence-electron chi connectivity index (χ3n) is 3.64. The highest BCUT2D eigenvalue weighted by atomic mass is 16.7. The lowest BCUT2D eigenvalue weighted by Crippen LogP contribution is -2.38. The molecule has 0 spiro atoms. The third kappa shape index (κ3) is 3.08. The summed E-state index contributed by atoms with van der Waals surface area (Å²) in [5.74, 6) is 0.226. The number of ether oxygens (including phenoxy) is 1. The van der Waals surface area contributed by atoms with E-state index in [2.05, 4.69) is 32.5 Å². The van der Waals surface area contributed by atoms with Gasteiger partial charge in [-0.05, 0) is 0 Å². The molecule has 0 aliphatic carbocycles. The monoisotopic (exact) mass is 337 g/mol. The van der Waals surface area contributed by atoms with E-state index < -0.39 is 24.5 Å². The molecule has 0 radical (unpaired) electrons. The Morgan fingerprint density at radius 1 is 1.38 bits per heavy atom. The minimum atomic E-state index is -1.17. The van der Waals surface area contributed by atoms with Crippen LogP contribution in [0.5, 0.6) is 0 Å². The van der Waals surface area contributed by atoms with E-state index in [1.165, 1.54) is 17.2 Å². The molecule has 130 valence electrons. The number of aliphatic hydroxyl groups excluding tert-OH is 2. The van der Waals surface area contributed by atoms with Gasteiger partial charge in [0.25, 0.3) is 0 Å². The van der Waals surface area contributed by atoms with E-state index in [1.54, 1.807) is 6.08 Å². The number of nitrogens with two attached hydrogens (primary N) is 1. The van der Waals surface area contributed by atoms with Crippen LogP contribution in [0.2, 0.25) is 0 Å². The van der Waals surface area contributed by atoms with Crippen molar-refractivity contribution in [2.45, 2.75) is 24.5 Å².